The molecule has 2 heterocycles. The number of anilines is 1. The van der Waals surface area contributed by atoms with Gasteiger partial charge in [-0.3, -0.25) is 8.71 Å². The van der Waals surface area contributed by atoms with Gasteiger partial charge in [0.15, 0.2) is 5.65 Å². The van der Waals surface area contributed by atoms with Crippen molar-refractivity contribution < 1.29 is 17.5 Å². The van der Waals surface area contributed by atoms with Crippen molar-refractivity contribution in [2.24, 2.45) is 0 Å². The molecule has 0 radical (unpaired) electrons. The van der Waals surface area contributed by atoms with Crippen LogP contribution in [0.4, 0.5) is 10.1 Å². The van der Waals surface area contributed by atoms with Gasteiger partial charge in [0, 0.05) is 6.20 Å². The second kappa shape index (κ2) is 7.75. The predicted molar refractivity (Wildman–Crippen MR) is 110 cm³/mol. The van der Waals surface area contributed by atoms with Crippen LogP contribution in [0.5, 0.6) is 5.75 Å². The van der Waals surface area contributed by atoms with Gasteiger partial charge in [0.25, 0.3) is 10.0 Å². The highest BCUT2D eigenvalue weighted by atomic mass is 32.2. The number of hydrogen-bond donors (Lipinski definition) is 0. The molecule has 0 aliphatic carbocycles. The van der Waals surface area contributed by atoms with Gasteiger partial charge in [-0.25, -0.2) is 12.8 Å². The van der Waals surface area contributed by atoms with Gasteiger partial charge >= 0.3 is 0 Å². The average molecular weight is 426 g/mol. The maximum atomic E-state index is 13.6. The van der Waals surface area contributed by atoms with Crippen LogP contribution in [0.15, 0.2) is 71.8 Å². The zero-order chi connectivity index (χ0) is 21.3. The zero-order valence-corrected chi connectivity index (χ0v) is 17.2. The third-order valence-corrected chi connectivity index (χ3v) is 6.49. The Bertz CT molecular complexity index is 1290. The lowest BCUT2D eigenvalue weighted by Crippen LogP contribution is -2.30. The molecule has 2 aromatic carbocycles. The van der Waals surface area contributed by atoms with E-state index in [-0.39, 0.29) is 11.4 Å². The van der Waals surface area contributed by atoms with Crippen LogP contribution < -0.4 is 9.04 Å². The minimum atomic E-state index is -3.96. The molecule has 0 aliphatic heterocycles. The summed E-state index contributed by atoms with van der Waals surface area (Å²) in [7, 11) is -2.40. The molecule has 0 fully saturated rings. The number of ether oxygens (including phenoxy) is 1. The largest absolute Gasteiger partial charge is 0.497 e. The molecule has 0 unspecified atom stereocenters. The Balaban J connectivity index is 1.79. The van der Waals surface area contributed by atoms with Crippen LogP contribution in [0.3, 0.4) is 0 Å². The quantitative estimate of drug-likeness (QED) is 0.471. The first-order valence-electron chi connectivity index (χ1n) is 9.11. The lowest BCUT2D eigenvalue weighted by atomic mass is 10.2. The number of sulfonamides is 1. The first-order valence-corrected chi connectivity index (χ1v) is 10.5. The van der Waals surface area contributed by atoms with Crippen molar-refractivity contribution in [2.45, 2.75) is 18.4 Å². The van der Waals surface area contributed by atoms with Gasteiger partial charge < -0.3 is 4.74 Å². The molecule has 0 saturated carbocycles. The van der Waals surface area contributed by atoms with E-state index in [1.807, 2.05) is 0 Å². The van der Waals surface area contributed by atoms with Crippen molar-refractivity contribution in [3.05, 3.63) is 84.1 Å². The highest BCUT2D eigenvalue weighted by Gasteiger charge is 2.26. The van der Waals surface area contributed by atoms with E-state index >= 15 is 0 Å². The van der Waals surface area contributed by atoms with Crippen molar-refractivity contribution in [3.63, 3.8) is 0 Å². The number of methoxy groups -OCH3 is 1. The van der Waals surface area contributed by atoms with Crippen molar-refractivity contribution >= 4 is 21.4 Å². The summed E-state index contributed by atoms with van der Waals surface area (Å²) in [5, 5.41) is 7.96. The number of aromatic nitrogens is 3. The number of halogens is 1. The van der Waals surface area contributed by atoms with Crippen molar-refractivity contribution in [2.75, 3.05) is 11.4 Å². The third kappa shape index (κ3) is 3.71. The molecule has 30 heavy (non-hydrogen) atoms. The normalized spacial score (nSPS) is 11.6. The number of benzene rings is 2. The second-order valence-corrected chi connectivity index (χ2v) is 8.54. The smallest absolute Gasteiger partial charge is 0.266 e. The Labute approximate surface area is 173 Å². The maximum Gasteiger partial charge on any atom is 0.266 e. The molecular weight excluding hydrogens is 407 g/mol. The Morgan fingerprint density at radius 3 is 2.37 bits per heavy atom. The van der Waals surface area contributed by atoms with Crippen molar-refractivity contribution in [1.82, 2.24) is 14.6 Å². The fraction of sp³-hybridized carbons (Fsp3) is 0.143. The lowest BCUT2D eigenvalue weighted by Gasteiger charge is -2.25. The lowest BCUT2D eigenvalue weighted by molar-refractivity contribution is 0.414. The van der Waals surface area contributed by atoms with Crippen LogP contribution in [0, 0.1) is 12.7 Å². The summed E-state index contributed by atoms with van der Waals surface area (Å²) in [6.07, 6.45) is 1.49. The molecule has 0 spiro atoms. The van der Waals surface area contributed by atoms with Crippen LogP contribution in [-0.4, -0.2) is 30.1 Å². The van der Waals surface area contributed by atoms with Crippen LogP contribution in [0.1, 0.15) is 11.4 Å². The zero-order valence-electron chi connectivity index (χ0n) is 16.4. The van der Waals surface area contributed by atoms with Gasteiger partial charge in [-0.05, 0) is 61.0 Å². The predicted octanol–water partition coefficient (Wildman–Crippen LogP) is 3.58. The average Bonchev–Trinajstić information content (AvgIpc) is 3.13. The van der Waals surface area contributed by atoms with Crippen LogP contribution in [-0.2, 0) is 16.6 Å². The first-order chi connectivity index (χ1) is 14.4. The van der Waals surface area contributed by atoms with E-state index in [0.717, 1.165) is 5.56 Å². The van der Waals surface area contributed by atoms with Gasteiger partial charge in [-0.1, -0.05) is 12.1 Å². The summed E-state index contributed by atoms with van der Waals surface area (Å²) in [5.74, 6) is 0.802. The van der Waals surface area contributed by atoms with Crippen molar-refractivity contribution in [3.8, 4) is 5.75 Å². The Hall–Kier alpha value is -3.46. The SMILES string of the molecule is COc1ccc(CN(c2ccc(F)cc2)S(=O)(=O)c2ccc3nnc(C)n3c2)cc1. The molecule has 2 aromatic heterocycles. The molecule has 4 aromatic rings. The van der Waals surface area contributed by atoms with E-state index in [9.17, 15) is 12.8 Å². The summed E-state index contributed by atoms with van der Waals surface area (Å²) >= 11 is 0. The minimum Gasteiger partial charge on any atom is -0.497 e. The molecule has 0 N–H and O–H groups in total. The Morgan fingerprint density at radius 2 is 1.70 bits per heavy atom. The molecule has 154 valence electrons. The number of fused-ring (bicyclic) bond motifs is 1. The van der Waals surface area contributed by atoms with E-state index in [2.05, 4.69) is 10.2 Å². The maximum absolute atomic E-state index is 13.6. The summed E-state index contributed by atoms with van der Waals surface area (Å²) in [4.78, 5) is 0.0794. The summed E-state index contributed by atoms with van der Waals surface area (Å²) in [5.41, 5.74) is 1.66. The number of aryl methyl sites for hydroxylation is 1. The standard InChI is InChI=1S/C21H19FN4O3S/c1-15-23-24-21-12-11-20(14-25(15)21)30(27,28)26(18-7-5-17(22)6-8-18)13-16-3-9-19(29-2)10-4-16/h3-12,14H,13H2,1-2H3. The van der Waals surface area contributed by atoms with Crippen LogP contribution in [0.25, 0.3) is 5.65 Å². The Morgan fingerprint density at radius 1 is 1.00 bits per heavy atom. The highest BCUT2D eigenvalue weighted by molar-refractivity contribution is 7.92. The van der Waals surface area contributed by atoms with Gasteiger partial charge in [0.1, 0.15) is 22.3 Å². The van der Waals surface area contributed by atoms with E-state index in [1.54, 1.807) is 48.8 Å². The van der Waals surface area contributed by atoms with Crippen molar-refractivity contribution in [1.29, 1.82) is 0 Å². The molecule has 0 bridgehead atoms. The van der Waals surface area contributed by atoms with E-state index in [1.165, 1.54) is 40.8 Å². The molecule has 0 amide bonds. The van der Waals surface area contributed by atoms with Gasteiger partial charge in [0.05, 0.1) is 19.3 Å². The second-order valence-electron chi connectivity index (χ2n) is 6.68. The number of hydrogen-bond acceptors (Lipinski definition) is 5. The van der Waals surface area contributed by atoms with Gasteiger partial charge in [-0.15, -0.1) is 10.2 Å². The highest BCUT2D eigenvalue weighted by Crippen LogP contribution is 2.27. The monoisotopic (exact) mass is 426 g/mol. The van der Waals surface area contributed by atoms with Gasteiger partial charge in [-0.2, -0.15) is 0 Å². The summed E-state index contributed by atoms with van der Waals surface area (Å²) in [6.45, 7) is 1.81. The number of nitrogens with zero attached hydrogens (tertiary/aromatic N) is 4. The third-order valence-electron chi connectivity index (χ3n) is 4.73. The van der Waals surface area contributed by atoms with Gasteiger partial charge in [0.2, 0.25) is 0 Å². The summed E-state index contributed by atoms with van der Waals surface area (Å²) < 4.78 is 48.6. The molecule has 7 nitrogen and oxygen atoms in total. The fourth-order valence-electron chi connectivity index (χ4n) is 3.08. The molecule has 0 saturated heterocycles. The molecular formula is C21H19FN4O3S. The topological polar surface area (TPSA) is 76.8 Å². The first kappa shape index (κ1) is 19.8. The number of pyridine rings is 1. The van der Waals surface area contributed by atoms with E-state index in [0.29, 0.717) is 22.9 Å². The molecule has 0 atom stereocenters. The van der Waals surface area contributed by atoms with Crippen LogP contribution >= 0.6 is 0 Å². The molecule has 0 aliphatic rings. The van der Waals surface area contributed by atoms with E-state index < -0.39 is 15.8 Å². The fourth-order valence-corrected chi connectivity index (χ4v) is 4.54. The molecule has 9 heteroatoms. The Kier molecular flexibility index (Phi) is 5.13. The molecule has 4 rings (SSSR count). The number of rotatable bonds is 6. The summed E-state index contributed by atoms with van der Waals surface area (Å²) in [6, 6.07) is 15.5. The van der Waals surface area contributed by atoms with E-state index in [4.69, 9.17) is 4.74 Å². The van der Waals surface area contributed by atoms with Crippen LogP contribution in [0.2, 0.25) is 0 Å². The minimum absolute atomic E-state index is 0.0666.